The Kier molecular flexibility index (Phi) is 6.16. The second-order valence-electron chi connectivity index (χ2n) is 8.83. The van der Waals surface area contributed by atoms with Gasteiger partial charge in [0.2, 0.25) is 0 Å². The highest BCUT2D eigenvalue weighted by Gasteiger charge is 2.29. The van der Waals surface area contributed by atoms with E-state index in [-0.39, 0.29) is 21.5 Å². The van der Waals surface area contributed by atoms with Crippen LogP contribution in [0.3, 0.4) is 0 Å². The second kappa shape index (κ2) is 8.56. The molecule has 1 aliphatic heterocycles. The fraction of sp³-hybridized carbons (Fsp3) is 0.478. The van der Waals surface area contributed by atoms with Crippen LogP contribution in [-0.2, 0) is 26.2 Å². The highest BCUT2D eigenvalue weighted by Crippen LogP contribution is 2.28. The molecule has 0 radical (unpaired) electrons. The first-order valence-electron chi connectivity index (χ1n) is 10.6. The predicted molar refractivity (Wildman–Crippen MR) is 120 cm³/mol. The van der Waals surface area contributed by atoms with Crippen LogP contribution < -0.4 is 4.74 Å². The zero-order valence-electron chi connectivity index (χ0n) is 18.0. The smallest absolute Gasteiger partial charge is 0.179 e. The normalized spacial score (nSPS) is 20.1. The summed E-state index contributed by atoms with van der Waals surface area (Å²) in [5, 5.41) is 0. The van der Waals surface area contributed by atoms with E-state index >= 15 is 0 Å². The highest BCUT2D eigenvalue weighted by molar-refractivity contribution is 7.92. The zero-order chi connectivity index (χ0) is 22.2. The molecule has 31 heavy (non-hydrogen) atoms. The summed E-state index contributed by atoms with van der Waals surface area (Å²) in [5.74, 6) is 0.971. The molecule has 2 fully saturated rings. The molecule has 1 atom stereocenters. The SMILES string of the molecule is Cc1ccc(S(C)(=O)=O)cc1S(=O)(=O)C[C@@H]1CCN(Cc2ccc(OC3CC3)cc2)C1. The van der Waals surface area contributed by atoms with E-state index in [0.29, 0.717) is 18.2 Å². The van der Waals surface area contributed by atoms with Crippen LogP contribution in [0.5, 0.6) is 5.75 Å². The van der Waals surface area contributed by atoms with Crippen LogP contribution in [0.4, 0.5) is 0 Å². The molecule has 0 N–H and O–H groups in total. The first-order valence-corrected chi connectivity index (χ1v) is 14.2. The van der Waals surface area contributed by atoms with Gasteiger partial charge in [-0.15, -0.1) is 0 Å². The molecular formula is C23H29NO5S2. The van der Waals surface area contributed by atoms with Crippen LogP contribution in [0.15, 0.2) is 52.3 Å². The average molecular weight is 464 g/mol. The van der Waals surface area contributed by atoms with E-state index < -0.39 is 19.7 Å². The van der Waals surface area contributed by atoms with Crippen molar-refractivity contribution in [3.63, 3.8) is 0 Å². The van der Waals surface area contributed by atoms with Crippen LogP contribution in [0.2, 0.25) is 0 Å². The molecule has 8 heteroatoms. The molecule has 6 nitrogen and oxygen atoms in total. The van der Waals surface area contributed by atoms with Gasteiger partial charge in [-0.3, -0.25) is 4.90 Å². The summed E-state index contributed by atoms with van der Waals surface area (Å²) < 4.78 is 55.6. The topological polar surface area (TPSA) is 80.8 Å². The van der Waals surface area contributed by atoms with Gasteiger partial charge >= 0.3 is 0 Å². The van der Waals surface area contributed by atoms with Crippen molar-refractivity contribution >= 4 is 19.7 Å². The van der Waals surface area contributed by atoms with Crippen LogP contribution in [0, 0.1) is 12.8 Å². The minimum absolute atomic E-state index is 0.0313. The summed E-state index contributed by atoms with van der Waals surface area (Å²) in [6.07, 6.45) is 4.56. The third kappa shape index (κ3) is 5.67. The van der Waals surface area contributed by atoms with Crippen LogP contribution >= 0.6 is 0 Å². The molecule has 1 saturated carbocycles. The summed E-state index contributed by atoms with van der Waals surface area (Å²) in [6, 6.07) is 12.5. The van der Waals surface area contributed by atoms with E-state index in [1.165, 1.54) is 17.7 Å². The van der Waals surface area contributed by atoms with Crippen molar-refractivity contribution < 1.29 is 21.6 Å². The van der Waals surface area contributed by atoms with Crippen molar-refractivity contribution in [2.75, 3.05) is 25.1 Å². The minimum atomic E-state index is -3.57. The number of likely N-dealkylation sites (tertiary alicyclic amines) is 1. The van der Waals surface area contributed by atoms with Gasteiger partial charge in [0.05, 0.1) is 21.6 Å². The van der Waals surface area contributed by atoms with Crippen molar-refractivity contribution in [1.82, 2.24) is 4.90 Å². The van der Waals surface area contributed by atoms with Gasteiger partial charge < -0.3 is 4.74 Å². The standard InChI is InChI=1S/C23H29NO5S2/c1-17-3-10-22(30(2,25)26)13-23(17)31(27,28)16-19-11-12-24(15-19)14-18-4-6-20(7-5-18)29-21-8-9-21/h3-7,10,13,19,21H,8-9,11-12,14-16H2,1-2H3/t19-/m1/s1. The molecule has 0 spiro atoms. The van der Waals surface area contributed by atoms with Crippen LogP contribution in [-0.4, -0.2) is 52.9 Å². The van der Waals surface area contributed by atoms with Gasteiger partial charge in [-0.2, -0.15) is 0 Å². The van der Waals surface area contributed by atoms with Gasteiger partial charge in [-0.25, -0.2) is 16.8 Å². The van der Waals surface area contributed by atoms with E-state index in [0.717, 1.165) is 44.4 Å². The number of nitrogens with zero attached hydrogens (tertiary/aromatic N) is 1. The van der Waals surface area contributed by atoms with E-state index in [9.17, 15) is 16.8 Å². The van der Waals surface area contributed by atoms with Crippen LogP contribution in [0.25, 0.3) is 0 Å². The Morgan fingerprint density at radius 1 is 1.00 bits per heavy atom. The lowest BCUT2D eigenvalue weighted by Crippen LogP contribution is -2.23. The van der Waals surface area contributed by atoms with E-state index in [1.54, 1.807) is 13.0 Å². The molecule has 0 bridgehead atoms. The zero-order valence-corrected chi connectivity index (χ0v) is 19.6. The fourth-order valence-corrected chi connectivity index (χ4v) is 6.71. The second-order valence-corrected chi connectivity index (χ2v) is 12.9. The van der Waals surface area contributed by atoms with Crippen LogP contribution in [0.1, 0.15) is 30.4 Å². The number of aryl methyl sites for hydroxylation is 1. The first-order chi connectivity index (χ1) is 14.6. The van der Waals surface area contributed by atoms with Gasteiger partial charge in [0.15, 0.2) is 19.7 Å². The summed E-state index contributed by atoms with van der Waals surface area (Å²) in [5.41, 5.74) is 1.76. The molecule has 4 rings (SSSR count). The molecule has 168 valence electrons. The van der Waals surface area contributed by atoms with Crippen molar-refractivity contribution in [2.24, 2.45) is 5.92 Å². The highest BCUT2D eigenvalue weighted by atomic mass is 32.2. The summed E-state index contributed by atoms with van der Waals surface area (Å²) in [6.45, 7) is 4.05. The Balaban J connectivity index is 1.38. The monoisotopic (exact) mass is 463 g/mol. The molecule has 2 aromatic carbocycles. The quantitative estimate of drug-likeness (QED) is 0.598. The van der Waals surface area contributed by atoms with Crippen molar-refractivity contribution in [1.29, 1.82) is 0 Å². The lowest BCUT2D eigenvalue weighted by molar-refractivity contribution is 0.302. The van der Waals surface area contributed by atoms with E-state index in [2.05, 4.69) is 17.0 Å². The number of rotatable bonds is 8. The molecule has 1 saturated heterocycles. The average Bonchev–Trinajstić information content (AvgIpc) is 3.40. The van der Waals surface area contributed by atoms with Gasteiger partial charge in [0.1, 0.15) is 5.75 Å². The summed E-state index contributed by atoms with van der Waals surface area (Å²) in [4.78, 5) is 2.44. The third-order valence-corrected chi connectivity index (χ3v) is 9.03. The number of ether oxygens (including phenoxy) is 1. The lowest BCUT2D eigenvalue weighted by Gasteiger charge is -2.17. The van der Waals surface area contributed by atoms with E-state index in [4.69, 9.17) is 4.74 Å². The van der Waals surface area contributed by atoms with Gasteiger partial charge in [-0.05, 0) is 74.0 Å². The Morgan fingerprint density at radius 3 is 2.35 bits per heavy atom. The predicted octanol–water partition coefficient (Wildman–Crippen LogP) is 3.24. The molecule has 0 amide bonds. The molecule has 1 aliphatic carbocycles. The molecular weight excluding hydrogens is 434 g/mol. The summed E-state index contributed by atoms with van der Waals surface area (Å²) in [7, 11) is -7.03. The number of hydrogen-bond donors (Lipinski definition) is 0. The fourth-order valence-electron chi connectivity index (χ4n) is 4.05. The van der Waals surface area contributed by atoms with Crippen molar-refractivity contribution in [2.45, 2.75) is 48.6 Å². The van der Waals surface area contributed by atoms with E-state index in [1.807, 2.05) is 12.1 Å². The van der Waals surface area contributed by atoms with Gasteiger partial charge in [-0.1, -0.05) is 18.2 Å². The first kappa shape index (κ1) is 22.3. The Bertz CT molecular complexity index is 1150. The summed E-state index contributed by atoms with van der Waals surface area (Å²) >= 11 is 0. The molecule has 2 aromatic rings. The number of sulfone groups is 2. The molecule has 2 aliphatic rings. The molecule has 0 aromatic heterocycles. The Morgan fingerprint density at radius 2 is 1.71 bits per heavy atom. The minimum Gasteiger partial charge on any atom is -0.490 e. The van der Waals surface area contributed by atoms with Crippen molar-refractivity contribution in [3.8, 4) is 5.75 Å². The van der Waals surface area contributed by atoms with Crippen molar-refractivity contribution in [3.05, 3.63) is 53.6 Å². The number of hydrogen-bond acceptors (Lipinski definition) is 6. The van der Waals surface area contributed by atoms with Gasteiger partial charge in [0.25, 0.3) is 0 Å². The molecule has 1 heterocycles. The third-order valence-electron chi connectivity index (χ3n) is 5.90. The molecule has 0 unspecified atom stereocenters. The van der Waals surface area contributed by atoms with Gasteiger partial charge in [0, 0.05) is 19.3 Å². The number of benzene rings is 2. The maximum Gasteiger partial charge on any atom is 0.179 e. The Hall–Kier alpha value is -1.90. The lowest BCUT2D eigenvalue weighted by atomic mass is 10.1. The Labute approximate surface area is 185 Å². The largest absolute Gasteiger partial charge is 0.490 e. The maximum absolute atomic E-state index is 13.1. The maximum atomic E-state index is 13.1.